The molecule has 0 bridgehead atoms. The number of aromatic nitrogens is 4. The third-order valence-electron chi connectivity index (χ3n) is 12.2. The highest BCUT2D eigenvalue weighted by molar-refractivity contribution is 7.10. The van der Waals surface area contributed by atoms with Crippen LogP contribution in [0.25, 0.3) is 11.3 Å². The van der Waals surface area contributed by atoms with E-state index < -0.39 is 11.9 Å². The molecule has 1 atom stereocenters. The minimum absolute atomic E-state index is 0.168. The molecule has 0 spiro atoms. The topological polar surface area (TPSA) is 183 Å². The largest absolute Gasteiger partial charge is 0.488 e. The van der Waals surface area contributed by atoms with Gasteiger partial charge in [0.2, 0.25) is 17.8 Å². The molecule has 4 aromatic rings. The maximum absolute atomic E-state index is 13.0. The van der Waals surface area contributed by atoms with Gasteiger partial charge in [0.05, 0.1) is 68.3 Å². The van der Waals surface area contributed by atoms with Crippen LogP contribution in [0.1, 0.15) is 83.4 Å². The fourth-order valence-corrected chi connectivity index (χ4v) is 9.52. The average molecular weight is 905 g/mol. The summed E-state index contributed by atoms with van der Waals surface area (Å²) in [5.74, 6) is 1.23. The average Bonchev–Trinajstić information content (AvgIpc) is 3.79. The van der Waals surface area contributed by atoms with Crippen molar-refractivity contribution in [2.75, 3.05) is 58.0 Å². The molecule has 1 saturated heterocycles. The second-order valence-corrected chi connectivity index (χ2v) is 18.1. The van der Waals surface area contributed by atoms with E-state index in [1.54, 1.807) is 11.1 Å². The molecule has 1 aromatic carbocycles. The number of imide groups is 1. The van der Waals surface area contributed by atoms with Crippen LogP contribution in [0.4, 0.5) is 5.95 Å². The normalized spacial score (nSPS) is 20.0. The van der Waals surface area contributed by atoms with Crippen LogP contribution in [0.15, 0.2) is 42.0 Å². The smallest absolute Gasteiger partial charge is 0.256 e. The van der Waals surface area contributed by atoms with Gasteiger partial charge in [-0.3, -0.25) is 24.4 Å². The van der Waals surface area contributed by atoms with Crippen molar-refractivity contribution < 1.29 is 33.3 Å². The van der Waals surface area contributed by atoms with Gasteiger partial charge in [-0.15, -0.1) is 11.3 Å². The van der Waals surface area contributed by atoms with Crippen molar-refractivity contribution in [3.8, 4) is 17.0 Å². The summed E-state index contributed by atoms with van der Waals surface area (Å²) in [4.78, 5) is 48.8. The van der Waals surface area contributed by atoms with Crippen molar-refractivity contribution in [2.24, 2.45) is 13.0 Å². The first kappa shape index (κ1) is 45.1. The van der Waals surface area contributed by atoms with E-state index in [9.17, 15) is 14.4 Å². The Morgan fingerprint density at radius 1 is 0.873 bits per heavy atom. The second-order valence-electron chi connectivity index (χ2n) is 16.7. The lowest BCUT2D eigenvalue weighted by Crippen LogP contribution is -2.52. The van der Waals surface area contributed by atoms with E-state index in [0.29, 0.717) is 94.4 Å². The van der Waals surface area contributed by atoms with Crippen LogP contribution in [0, 0.1) is 5.92 Å². The first-order valence-electron chi connectivity index (χ1n) is 22.2. The Bertz CT molecular complexity index is 2170. The van der Waals surface area contributed by atoms with E-state index in [4.69, 9.17) is 35.5 Å². The first-order valence-corrected chi connectivity index (χ1v) is 23.5. The Morgan fingerprint density at radius 2 is 1.60 bits per heavy atom. The van der Waals surface area contributed by atoms with Crippen molar-refractivity contribution in [2.45, 2.75) is 95.6 Å². The van der Waals surface area contributed by atoms with E-state index in [1.807, 2.05) is 47.6 Å². The molecule has 2 saturated carbocycles. The molecule has 0 unspecified atom stereocenters. The van der Waals surface area contributed by atoms with Gasteiger partial charge in [0.25, 0.3) is 5.91 Å². The summed E-state index contributed by atoms with van der Waals surface area (Å²) in [6, 6.07) is 8.10. The highest BCUT2D eigenvalue weighted by Crippen LogP contribution is 2.37. The number of hydrogen-bond acceptors (Lipinski definition) is 14. The van der Waals surface area contributed by atoms with Crippen molar-refractivity contribution in [1.82, 2.24) is 40.6 Å². The standard InChI is InChI=1S/C45H58ClN9O7S/c1-54-39(22-29-2-3-29)34(24-50-54)42-37(46)25-49-45(53-42)51-32-8-6-31(7-9-32)48-15-17-60-19-21-61-20-18-59-16-14-47-23-30-4-10-33(11-5-30)62-27-40-35-26-55(44(58)36(35)28-63-40)38-12-13-41(56)52-43(38)57/h4-5,10-11,24-25,28-29,31-32,38,47-48H,2-3,6-9,12-23,26-27H2,1H3,(H,49,51,53)(H,52,56,57)/t31-,32-,38-/m0/s1. The molecule has 8 rings (SSSR count). The highest BCUT2D eigenvalue weighted by atomic mass is 35.5. The highest BCUT2D eigenvalue weighted by Gasteiger charge is 2.40. The minimum Gasteiger partial charge on any atom is -0.488 e. The molecule has 338 valence electrons. The number of rotatable bonds is 24. The summed E-state index contributed by atoms with van der Waals surface area (Å²) >= 11 is 8.06. The monoisotopic (exact) mass is 903 g/mol. The van der Waals surface area contributed by atoms with Gasteiger partial charge < -0.3 is 39.8 Å². The van der Waals surface area contributed by atoms with Crippen molar-refractivity contribution in [3.05, 3.63) is 74.3 Å². The van der Waals surface area contributed by atoms with Crippen molar-refractivity contribution in [1.29, 1.82) is 0 Å². The summed E-state index contributed by atoms with van der Waals surface area (Å²) in [5.41, 5.74) is 5.58. The number of nitrogens with one attached hydrogen (secondary N) is 4. The van der Waals surface area contributed by atoms with E-state index in [2.05, 4.69) is 31.3 Å². The number of thiophene rings is 1. The van der Waals surface area contributed by atoms with E-state index >= 15 is 0 Å². The third kappa shape index (κ3) is 12.2. The summed E-state index contributed by atoms with van der Waals surface area (Å²) in [6.45, 7) is 6.29. The van der Waals surface area contributed by atoms with Crippen LogP contribution in [0.2, 0.25) is 5.02 Å². The third-order valence-corrected chi connectivity index (χ3v) is 13.4. The molecule has 63 heavy (non-hydrogen) atoms. The Labute approximate surface area is 377 Å². The predicted molar refractivity (Wildman–Crippen MR) is 239 cm³/mol. The van der Waals surface area contributed by atoms with E-state index in [-0.39, 0.29) is 18.2 Å². The molecule has 5 heterocycles. The molecule has 2 aliphatic heterocycles. The molecule has 2 aliphatic carbocycles. The quantitative estimate of drug-likeness (QED) is 0.0543. The van der Waals surface area contributed by atoms with E-state index in [0.717, 1.165) is 84.1 Å². The zero-order valence-corrected chi connectivity index (χ0v) is 37.4. The first-order chi connectivity index (χ1) is 30.8. The lowest BCUT2D eigenvalue weighted by molar-refractivity contribution is -0.136. The number of aryl methyl sites for hydroxylation is 1. The Balaban J connectivity index is 0.610. The predicted octanol–water partition coefficient (Wildman–Crippen LogP) is 5.04. The molecule has 18 heteroatoms. The van der Waals surface area contributed by atoms with Crippen molar-refractivity contribution in [3.63, 3.8) is 0 Å². The van der Waals surface area contributed by atoms with Gasteiger partial charge >= 0.3 is 0 Å². The number of halogens is 1. The van der Waals surface area contributed by atoms with Gasteiger partial charge in [0.15, 0.2) is 0 Å². The molecule has 3 amide bonds. The zero-order valence-electron chi connectivity index (χ0n) is 35.9. The Hall–Kier alpha value is -4.49. The van der Waals surface area contributed by atoms with Crippen LogP contribution in [0.5, 0.6) is 5.75 Å². The van der Waals surface area contributed by atoms with Crippen LogP contribution < -0.4 is 26.0 Å². The number of anilines is 1. The van der Waals surface area contributed by atoms with Crippen LogP contribution in [-0.4, -0.2) is 113 Å². The number of ether oxygens (including phenoxy) is 4. The zero-order chi connectivity index (χ0) is 43.5. The Kier molecular flexibility index (Phi) is 15.7. The van der Waals surface area contributed by atoms with Gasteiger partial charge in [-0.2, -0.15) is 5.10 Å². The molecular weight excluding hydrogens is 846 g/mol. The molecule has 3 aromatic heterocycles. The number of nitrogens with zero attached hydrogens (tertiary/aromatic N) is 5. The lowest BCUT2D eigenvalue weighted by Gasteiger charge is -2.29. The maximum atomic E-state index is 13.0. The number of hydrogen-bond donors (Lipinski definition) is 4. The fraction of sp³-hybridized carbons (Fsp3) is 0.556. The van der Waals surface area contributed by atoms with Gasteiger partial charge in [-0.25, -0.2) is 9.97 Å². The SMILES string of the molecule is Cn1ncc(-c2nc(N[C@H]3CC[C@H](NCCOCCOCCOCCNCc4ccc(OCc5scc6c5CN([C@H]5CCC(=O)NC5=O)C6=O)cc4)CC3)ncc2Cl)c1CC1CC1. The number of piperidine rings is 1. The Morgan fingerprint density at radius 3 is 2.35 bits per heavy atom. The summed E-state index contributed by atoms with van der Waals surface area (Å²) in [7, 11) is 1.99. The summed E-state index contributed by atoms with van der Waals surface area (Å²) in [6.07, 6.45) is 12.0. The van der Waals surface area contributed by atoms with Gasteiger partial charge in [-0.1, -0.05) is 23.7 Å². The summed E-state index contributed by atoms with van der Waals surface area (Å²) in [5, 5.41) is 19.8. The number of fused-ring (bicyclic) bond motifs is 1. The summed E-state index contributed by atoms with van der Waals surface area (Å²) < 4.78 is 25.2. The maximum Gasteiger partial charge on any atom is 0.256 e. The van der Waals surface area contributed by atoms with Gasteiger partial charge in [0.1, 0.15) is 18.4 Å². The number of carbonyl (C=O) groups is 3. The molecule has 4 N–H and O–H groups in total. The van der Waals surface area contributed by atoms with Crippen LogP contribution in [-0.2, 0) is 57.0 Å². The lowest BCUT2D eigenvalue weighted by atomic mass is 9.91. The molecular formula is C45H58ClN9O7S. The number of benzene rings is 1. The second kappa shape index (κ2) is 21.9. The van der Waals surface area contributed by atoms with Gasteiger partial charge in [-0.05, 0) is 75.0 Å². The number of amides is 3. The molecule has 16 nitrogen and oxygen atoms in total. The molecule has 0 radical (unpaired) electrons. The number of carbonyl (C=O) groups excluding carboxylic acids is 3. The fourth-order valence-electron chi connectivity index (χ4n) is 8.38. The van der Waals surface area contributed by atoms with Crippen LogP contribution >= 0.6 is 22.9 Å². The van der Waals surface area contributed by atoms with Crippen LogP contribution in [0.3, 0.4) is 0 Å². The van der Waals surface area contributed by atoms with E-state index in [1.165, 1.54) is 29.9 Å². The molecule has 3 fully saturated rings. The molecule has 4 aliphatic rings. The minimum atomic E-state index is -0.621. The van der Waals surface area contributed by atoms with Gasteiger partial charge in [0, 0.05) is 78.8 Å². The van der Waals surface area contributed by atoms with Crippen molar-refractivity contribution >= 4 is 46.6 Å².